The molecule has 0 radical (unpaired) electrons. The zero-order chi connectivity index (χ0) is 34.7. The summed E-state index contributed by atoms with van der Waals surface area (Å²) in [6, 6.07) is 3.25. The summed E-state index contributed by atoms with van der Waals surface area (Å²) in [7, 11) is 1.66. The van der Waals surface area contributed by atoms with Crippen molar-refractivity contribution in [2.24, 2.45) is 5.41 Å². The average molecular weight is 725 g/mol. The fraction of sp³-hybridized carbons (Fsp3) is 0.485. The Morgan fingerprint density at radius 3 is 2.55 bits per heavy atom. The second kappa shape index (κ2) is 15.8. The van der Waals surface area contributed by atoms with Crippen LogP contribution in [-0.2, 0) is 19.1 Å². The number of halogens is 4. The van der Waals surface area contributed by atoms with Crippen molar-refractivity contribution in [2.45, 2.75) is 71.2 Å². The number of anilines is 3. The van der Waals surface area contributed by atoms with E-state index in [1.807, 2.05) is 20.8 Å². The minimum Gasteiger partial charge on any atom is -0.486 e. The van der Waals surface area contributed by atoms with E-state index in [2.05, 4.69) is 31.2 Å². The predicted molar refractivity (Wildman–Crippen MR) is 185 cm³/mol. The molecule has 266 valence electrons. The molecule has 0 spiro atoms. The Balaban J connectivity index is 0.00000541. The molecule has 3 amide bonds. The van der Waals surface area contributed by atoms with Gasteiger partial charge in [-0.15, -0.1) is 12.4 Å². The number of carbonyl (C=O) groups excluding carboxylic acids is 3. The molecule has 2 aromatic carbocycles. The molecule has 12 nitrogen and oxygen atoms in total. The van der Waals surface area contributed by atoms with Crippen LogP contribution in [0.2, 0.25) is 5.02 Å². The van der Waals surface area contributed by atoms with Crippen molar-refractivity contribution in [1.82, 2.24) is 25.5 Å². The summed E-state index contributed by atoms with van der Waals surface area (Å²) in [6.07, 6.45) is 2.65. The highest BCUT2D eigenvalue weighted by atomic mass is 35.5. The highest BCUT2D eigenvalue weighted by Gasteiger charge is 2.42. The second-order valence-electron chi connectivity index (χ2n) is 13.0. The van der Waals surface area contributed by atoms with Gasteiger partial charge in [0.05, 0.1) is 36.1 Å². The van der Waals surface area contributed by atoms with E-state index in [1.54, 1.807) is 26.1 Å². The normalized spacial score (nSPS) is 18.8. The highest BCUT2D eigenvalue weighted by molar-refractivity contribution is 6.31. The zero-order valence-corrected chi connectivity index (χ0v) is 29.4. The molecule has 3 heterocycles. The molecular weight excluding hydrogens is 683 g/mol. The molecule has 0 unspecified atom stereocenters. The van der Waals surface area contributed by atoms with Crippen molar-refractivity contribution >= 4 is 69.8 Å². The second-order valence-corrected chi connectivity index (χ2v) is 13.4. The lowest BCUT2D eigenvalue weighted by molar-refractivity contribution is -0.143. The predicted octanol–water partition coefficient (Wildman–Crippen LogP) is 4.96. The first-order valence-corrected chi connectivity index (χ1v) is 16.2. The van der Waals surface area contributed by atoms with E-state index in [4.69, 9.17) is 21.1 Å². The lowest BCUT2D eigenvalue weighted by atomic mass is 9.85. The van der Waals surface area contributed by atoms with Gasteiger partial charge in [0.2, 0.25) is 17.7 Å². The molecule has 2 aliphatic heterocycles. The van der Waals surface area contributed by atoms with Gasteiger partial charge in [-0.2, -0.15) is 0 Å². The van der Waals surface area contributed by atoms with Crippen molar-refractivity contribution in [3.63, 3.8) is 0 Å². The molecule has 0 bridgehead atoms. The van der Waals surface area contributed by atoms with Crippen molar-refractivity contribution in [3.05, 3.63) is 47.2 Å². The number of aromatic nitrogens is 2. The fourth-order valence-corrected chi connectivity index (χ4v) is 5.81. The summed E-state index contributed by atoms with van der Waals surface area (Å²) in [4.78, 5) is 50.8. The van der Waals surface area contributed by atoms with E-state index in [0.717, 1.165) is 6.07 Å². The van der Waals surface area contributed by atoms with Gasteiger partial charge in [0.1, 0.15) is 46.9 Å². The number of likely N-dealkylation sites (tertiary alicyclic amines) is 1. The zero-order valence-electron chi connectivity index (χ0n) is 27.9. The molecule has 3 aromatic rings. The van der Waals surface area contributed by atoms with E-state index < -0.39 is 46.1 Å². The minimum atomic E-state index is -0.991. The fourth-order valence-electron chi connectivity index (χ4n) is 5.65. The lowest BCUT2D eigenvalue weighted by Crippen LogP contribution is -2.59. The third-order valence-corrected chi connectivity index (χ3v) is 8.88. The molecule has 4 atom stereocenters. The highest BCUT2D eigenvalue weighted by Crippen LogP contribution is 2.36. The van der Waals surface area contributed by atoms with Crippen LogP contribution in [0, 0.1) is 17.0 Å². The van der Waals surface area contributed by atoms with Gasteiger partial charge in [-0.3, -0.25) is 14.4 Å². The minimum absolute atomic E-state index is 0. The maximum Gasteiger partial charge on any atom is 0.247 e. The van der Waals surface area contributed by atoms with Crippen LogP contribution in [0.25, 0.3) is 10.9 Å². The number of carbonyl (C=O) groups is 3. The van der Waals surface area contributed by atoms with Crippen LogP contribution in [0.1, 0.15) is 47.0 Å². The van der Waals surface area contributed by atoms with Crippen LogP contribution < -0.4 is 26.0 Å². The van der Waals surface area contributed by atoms with Crippen LogP contribution >= 0.6 is 24.0 Å². The van der Waals surface area contributed by atoms with Crippen molar-refractivity contribution in [3.8, 4) is 5.75 Å². The average Bonchev–Trinajstić information content (AvgIpc) is 3.76. The lowest BCUT2D eigenvalue weighted by Gasteiger charge is -2.36. The van der Waals surface area contributed by atoms with E-state index in [9.17, 15) is 23.2 Å². The van der Waals surface area contributed by atoms with Gasteiger partial charge in [-0.1, -0.05) is 32.4 Å². The SMILES string of the molecule is CN[C@@H](C)C(=O)N[C@H](C(=O)N1CCC[C@H]1C(=O)Nc1cc2c(Nc3ccc(F)c(Cl)c3F)ncnc2cc1O[C@H]1CCOC1)C(C)(C)C.Cl. The molecule has 2 saturated heterocycles. The summed E-state index contributed by atoms with van der Waals surface area (Å²) >= 11 is 5.79. The third kappa shape index (κ3) is 8.48. The molecular formula is C33H41Cl2F2N7O5. The summed E-state index contributed by atoms with van der Waals surface area (Å²) in [5.41, 5.74) is -0.0486. The van der Waals surface area contributed by atoms with Crippen LogP contribution in [-0.4, -0.2) is 83.6 Å². The number of hydrogen-bond acceptors (Lipinski definition) is 9. The van der Waals surface area contributed by atoms with Gasteiger partial charge in [-0.05, 0) is 50.4 Å². The van der Waals surface area contributed by atoms with Gasteiger partial charge >= 0.3 is 0 Å². The van der Waals surface area contributed by atoms with E-state index >= 15 is 0 Å². The van der Waals surface area contributed by atoms with Gasteiger partial charge < -0.3 is 35.6 Å². The number of benzene rings is 2. The van der Waals surface area contributed by atoms with Crippen molar-refractivity contribution in [2.75, 3.05) is 37.4 Å². The van der Waals surface area contributed by atoms with Crippen LogP contribution in [0.3, 0.4) is 0 Å². The molecule has 0 aliphatic carbocycles. The third-order valence-electron chi connectivity index (χ3n) is 8.53. The number of hydrogen-bond donors (Lipinski definition) is 4. The smallest absolute Gasteiger partial charge is 0.247 e. The van der Waals surface area contributed by atoms with E-state index in [1.165, 1.54) is 17.3 Å². The Kier molecular flexibility index (Phi) is 12.2. The first-order valence-electron chi connectivity index (χ1n) is 15.8. The Hall–Kier alpha value is -3.85. The first kappa shape index (κ1) is 38.0. The standard InChI is InChI=1S/C33H40ClF2N7O5.ClH/c1-17(37-5)30(44)42-28(33(2,3)4)32(46)43-11-6-7-24(43)31(45)41-23-13-19-22(14-25(23)48-18-10-12-47-15-18)38-16-39-29(19)40-21-9-8-20(35)26(34)27(21)36;/h8-9,13-14,16-18,24,28,37H,6-7,10-12,15H2,1-5H3,(H,41,45)(H,42,44)(H,38,39,40);1H/t17-,18-,24-,28+;/m0./s1. The Morgan fingerprint density at radius 2 is 1.88 bits per heavy atom. The number of nitrogens with zero attached hydrogens (tertiary/aromatic N) is 3. The number of likely N-dealkylation sites (N-methyl/N-ethyl adjacent to an activating group) is 1. The Bertz CT molecular complexity index is 1700. The van der Waals surface area contributed by atoms with E-state index in [0.29, 0.717) is 55.7 Å². The van der Waals surface area contributed by atoms with Crippen LogP contribution in [0.5, 0.6) is 5.75 Å². The summed E-state index contributed by atoms with van der Waals surface area (Å²) in [5.74, 6) is -2.52. The van der Waals surface area contributed by atoms with Gasteiger partial charge in [0.15, 0.2) is 5.82 Å². The molecule has 2 aliphatic rings. The van der Waals surface area contributed by atoms with Crippen molar-refractivity contribution < 1.29 is 32.6 Å². The number of amides is 3. The van der Waals surface area contributed by atoms with Crippen molar-refractivity contribution in [1.29, 1.82) is 0 Å². The van der Waals surface area contributed by atoms with Gasteiger partial charge in [0, 0.05) is 24.4 Å². The molecule has 16 heteroatoms. The largest absolute Gasteiger partial charge is 0.486 e. The molecule has 0 saturated carbocycles. The number of fused-ring (bicyclic) bond motifs is 1. The van der Waals surface area contributed by atoms with Gasteiger partial charge in [-0.25, -0.2) is 18.7 Å². The monoisotopic (exact) mass is 723 g/mol. The summed E-state index contributed by atoms with van der Waals surface area (Å²) < 4.78 is 40.3. The van der Waals surface area contributed by atoms with Crippen LogP contribution in [0.4, 0.5) is 26.0 Å². The van der Waals surface area contributed by atoms with E-state index in [-0.39, 0.29) is 47.5 Å². The molecule has 5 rings (SSSR count). The Morgan fingerprint density at radius 1 is 1.12 bits per heavy atom. The number of nitrogens with one attached hydrogen (secondary N) is 4. The van der Waals surface area contributed by atoms with Crippen LogP contribution in [0.15, 0.2) is 30.6 Å². The topological polar surface area (TPSA) is 147 Å². The molecule has 4 N–H and O–H groups in total. The summed E-state index contributed by atoms with van der Waals surface area (Å²) in [6.45, 7) is 8.50. The number of ether oxygens (including phenoxy) is 2. The Labute approximate surface area is 294 Å². The number of rotatable bonds is 10. The summed E-state index contributed by atoms with van der Waals surface area (Å²) in [5, 5.41) is 11.3. The molecule has 2 fully saturated rings. The maximum atomic E-state index is 14.8. The maximum absolute atomic E-state index is 14.8. The quantitative estimate of drug-likeness (QED) is 0.213. The van der Waals surface area contributed by atoms with Gasteiger partial charge in [0.25, 0.3) is 0 Å². The first-order chi connectivity index (χ1) is 22.8. The molecule has 1 aromatic heterocycles. The molecule has 49 heavy (non-hydrogen) atoms.